The van der Waals surface area contributed by atoms with Crippen molar-refractivity contribution in [2.45, 2.75) is 141 Å². The van der Waals surface area contributed by atoms with Crippen LogP contribution in [0.2, 0.25) is 0 Å². The van der Waals surface area contributed by atoms with Gasteiger partial charge in [-0.25, -0.2) is 14.5 Å². The smallest absolute Gasteiger partial charge is 0.326 e. The summed E-state index contributed by atoms with van der Waals surface area (Å²) < 4.78 is 0. The van der Waals surface area contributed by atoms with Crippen LogP contribution in [0.4, 0.5) is 4.79 Å². The van der Waals surface area contributed by atoms with Gasteiger partial charge in [-0.15, -0.1) is 0 Å². The number of imide groups is 1. The topological polar surface area (TPSA) is 356 Å². The van der Waals surface area contributed by atoms with E-state index in [1.165, 1.54) is 38.2 Å². The predicted molar refractivity (Wildman–Crippen MR) is 250 cm³/mol. The average molecular weight is 982 g/mol. The van der Waals surface area contributed by atoms with Crippen molar-refractivity contribution in [1.29, 1.82) is 0 Å². The van der Waals surface area contributed by atoms with E-state index in [1.807, 2.05) is 0 Å². The minimum absolute atomic E-state index is 0.0180. The van der Waals surface area contributed by atoms with E-state index in [9.17, 15) is 68.4 Å². The van der Waals surface area contributed by atoms with Crippen LogP contribution in [0.15, 0.2) is 54.6 Å². The van der Waals surface area contributed by atoms with Crippen LogP contribution in [-0.4, -0.2) is 151 Å². The number of carbonyl (C=O) groups is 10. The van der Waals surface area contributed by atoms with Gasteiger partial charge in [-0.1, -0.05) is 70.2 Å². The van der Waals surface area contributed by atoms with Gasteiger partial charge in [0.05, 0.1) is 6.10 Å². The third kappa shape index (κ3) is 17.1. The Morgan fingerprint density at radius 1 is 0.743 bits per heavy atom. The number of amides is 10. The molecule has 0 aromatic heterocycles. The van der Waals surface area contributed by atoms with Crippen LogP contribution in [0.5, 0.6) is 5.75 Å². The molecule has 1 aliphatic heterocycles. The third-order valence-corrected chi connectivity index (χ3v) is 11.5. The van der Waals surface area contributed by atoms with Crippen LogP contribution in [0.3, 0.4) is 0 Å². The summed E-state index contributed by atoms with van der Waals surface area (Å²) in [5, 5.41) is 56.0. The van der Waals surface area contributed by atoms with E-state index in [0.717, 1.165) is 11.8 Å². The van der Waals surface area contributed by atoms with Crippen LogP contribution in [0.1, 0.15) is 84.8 Å². The Bertz CT molecular complexity index is 2190. The van der Waals surface area contributed by atoms with Crippen molar-refractivity contribution < 1.29 is 68.4 Å². The molecule has 0 aliphatic carbocycles. The van der Waals surface area contributed by atoms with Crippen LogP contribution >= 0.6 is 0 Å². The Morgan fingerprint density at radius 2 is 1.34 bits per heavy atom. The zero-order valence-electron chi connectivity index (χ0n) is 40.3. The first kappa shape index (κ1) is 57.2. The number of hydrogen-bond donors (Lipinski definition) is 11. The van der Waals surface area contributed by atoms with E-state index in [1.54, 1.807) is 58.0 Å². The van der Waals surface area contributed by atoms with E-state index in [-0.39, 0.29) is 56.6 Å². The highest BCUT2D eigenvalue weighted by Crippen LogP contribution is 2.21. The first-order valence-electron chi connectivity index (χ1n) is 22.9. The van der Waals surface area contributed by atoms with E-state index in [4.69, 9.17) is 5.73 Å². The van der Waals surface area contributed by atoms with Gasteiger partial charge >= 0.3 is 12.0 Å². The van der Waals surface area contributed by atoms with Gasteiger partial charge in [-0.3, -0.25) is 38.4 Å². The molecule has 0 saturated carbocycles. The number of piperidine rings is 1. The molecule has 0 radical (unpaired) electrons. The zero-order valence-corrected chi connectivity index (χ0v) is 40.3. The minimum Gasteiger partial charge on any atom is -0.508 e. The summed E-state index contributed by atoms with van der Waals surface area (Å²) >= 11 is 0. The number of likely N-dealkylation sites (N-methyl/N-ethyl adjacent to an activating group) is 1. The molecule has 0 spiro atoms. The fourth-order valence-electron chi connectivity index (χ4n) is 7.64. The van der Waals surface area contributed by atoms with Gasteiger partial charge in [0, 0.05) is 33.2 Å². The van der Waals surface area contributed by atoms with Crippen molar-refractivity contribution in [2.75, 3.05) is 7.05 Å². The summed E-state index contributed by atoms with van der Waals surface area (Å²) in [6.07, 6.45) is -4.54. The Hall–Kier alpha value is -7.14. The lowest BCUT2D eigenvalue weighted by Gasteiger charge is -2.37. The average Bonchev–Trinajstić information content (AvgIpc) is 3.28. The highest BCUT2D eigenvalue weighted by Gasteiger charge is 2.43. The maximum absolute atomic E-state index is 14.6. The second kappa shape index (κ2) is 26.6. The Kier molecular flexibility index (Phi) is 21.7. The summed E-state index contributed by atoms with van der Waals surface area (Å²) in [5.41, 5.74) is 6.23. The van der Waals surface area contributed by atoms with Crippen LogP contribution in [0, 0.1) is 11.8 Å². The fraction of sp³-hybridized carbons (Fsp3) is 0.532. The summed E-state index contributed by atoms with van der Waals surface area (Å²) in [5.74, 6) is -9.16. The molecule has 1 aliphatic rings. The van der Waals surface area contributed by atoms with Crippen molar-refractivity contribution in [1.82, 2.24) is 41.7 Å². The normalized spacial score (nSPS) is 17.6. The number of nitrogens with two attached hydrogens (primary N) is 1. The summed E-state index contributed by atoms with van der Waals surface area (Å²) in [4.78, 5) is 134. The first-order valence-corrected chi connectivity index (χ1v) is 22.9. The van der Waals surface area contributed by atoms with Crippen LogP contribution in [-0.2, 0) is 56.0 Å². The second-order valence-electron chi connectivity index (χ2n) is 18.1. The summed E-state index contributed by atoms with van der Waals surface area (Å²) in [7, 11) is 1.29. The number of aromatic hydroxyl groups is 1. The Labute approximate surface area is 405 Å². The number of nitrogens with zero attached hydrogens (tertiary/aromatic N) is 2. The number of phenolic OH excluding ortho intramolecular Hbond substituents is 1. The lowest BCUT2D eigenvalue weighted by Crippen LogP contribution is -2.64. The first-order chi connectivity index (χ1) is 32.8. The number of hydrogen-bond acceptors (Lipinski definition) is 13. The molecular formula is C47H67N9O14. The standard InChI is InChI=1S/C47H67N9O14/c1-24(2)21-33(51-43(65)39(26(5)57)54-40(62)31(49-27(6)58)17-19-36(48)60)41(63)50-32-18-20-37(61)56(45(32)67)47(70)52-34(22-28-11-9-8-10-12-28)44(66)55(7)35(23-29-13-15-30(59)16-14-29)42(64)53-38(25(3)4)46(68)69/h8-16,24-26,31-35,37-39,57,59,61H,17-23H2,1-7H3,(H2,48,60)(H,49,58)(H,50,63)(H,51,65)(H,52,70)(H,53,64)(H,54,62)(H,68,69)/t26-,31+,32+,33+,34+,35+,37-,38+,39+/m1/s1. The lowest BCUT2D eigenvalue weighted by molar-refractivity contribution is -0.147. The monoisotopic (exact) mass is 981 g/mol. The number of aliphatic hydroxyl groups is 2. The molecule has 10 amide bonds. The largest absolute Gasteiger partial charge is 0.508 e. The van der Waals surface area contributed by atoms with Crippen molar-refractivity contribution >= 4 is 59.3 Å². The number of carbonyl (C=O) groups excluding carboxylic acids is 9. The van der Waals surface area contributed by atoms with Gasteiger partial charge in [0.1, 0.15) is 54.3 Å². The number of likely N-dealkylation sites (tertiary alicyclic amines) is 1. The third-order valence-electron chi connectivity index (χ3n) is 11.5. The number of carboxylic acid groups (broad SMARTS) is 1. The van der Waals surface area contributed by atoms with Crippen molar-refractivity contribution in [3.05, 3.63) is 65.7 Å². The number of urea groups is 1. The molecule has 1 fully saturated rings. The van der Waals surface area contributed by atoms with Gasteiger partial charge in [0.2, 0.25) is 41.4 Å². The Balaban J connectivity index is 1.89. The maximum atomic E-state index is 14.6. The minimum atomic E-state index is -1.73. The SMILES string of the molecule is CC(=O)N[C@@H](CCC(N)=O)C(=O)N[C@H](C(=O)N[C@@H](CC(C)C)C(=O)N[C@H]1CC[C@@H](O)N(C(=O)N[C@@H](Cc2ccccc2)C(=O)N(C)[C@@H](Cc2ccc(O)cc2)C(=O)N[C@H](C(=O)O)C(C)C)C1=O)[C@@H](C)O. The fourth-order valence-corrected chi connectivity index (χ4v) is 7.64. The molecule has 12 N–H and O–H groups in total. The number of aliphatic carboxylic acids is 1. The number of primary amides is 1. The number of carboxylic acids is 1. The summed E-state index contributed by atoms with van der Waals surface area (Å²) in [6.45, 7) is 8.96. The van der Waals surface area contributed by atoms with Gasteiger partial charge < -0.3 is 63.0 Å². The highest BCUT2D eigenvalue weighted by molar-refractivity contribution is 6.02. The quantitative estimate of drug-likeness (QED) is 0.0595. The van der Waals surface area contributed by atoms with E-state index in [0.29, 0.717) is 16.0 Å². The van der Waals surface area contributed by atoms with Crippen LogP contribution in [0.25, 0.3) is 0 Å². The van der Waals surface area contributed by atoms with Crippen molar-refractivity contribution in [2.24, 2.45) is 17.6 Å². The number of rotatable bonds is 24. The number of aliphatic hydroxyl groups excluding tert-OH is 2. The molecule has 2 aromatic carbocycles. The number of phenols is 1. The van der Waals surface area contributed by atoms with Gasteiger partial charge in [0.15, 0.2) is 0 Å². The van der Waals surface area contributed by atoms with Crippen molar-refractivity contribution in [3.63, 3.8) is 0 Å². The molecule has 70 heavy (non-hydrogen) atoms. The van der Waals surface area contributed by atoms with E-state index >= 15 is 0 Å². The van der Waals surface area contributed by atoms with Gasteiger partial charge in [-0.2, -0.15) is 0 Å². The second-order valence-corrected chi connectivity index (χ2v) is 18.1. The molecule has 3 rings (SSSR count). The molecule has 9 atom stereocenters. The predicted octanol–water partition coefficient (Wildman–Crippen LogP) is -1.10. The zero-order chi connectivity index (χ0) is 52.6. The Morgan fingerprint density at radius 3 is 1.89 bits per heavy atom. The maximum Gasteiger partial charge on any atom is 0.326 e. The van der Waals surface area contributed by atoms with Crippen LogP contribution < -0.4 is 37.6 Å². The molecule has 1 saturated heterocycles. The molecule has 384 valence electrons. The van der Waals surface area contributed by atoms with Gasteiger partial charge in [-0.05, 0) is 67.7 Å². The van der Waals surface area contributed by atoms with E-state index in [2.05, 4.69) is 31.9 Å². The molecular weight excluding hydrogens is 915 g/mol. The van der Waals surface area contributed by atoms with Crippen molar-refractivity contribution in [3.8, 4) is 5.75 Å². The number of nitrogens with one attached hydrogen (secondary N) is 6. The van der Waals surface area contributed by atoms with E-state index < -0.39 is 120 Å². The molecule has 0 bridgehead atoms. The molecule has 1 heterocycles. The number of benzene rings is 2. The molecule has 23 heteroatoms. The highest BCUT2D eigenvalue weighted by atomic mass is 16.4. The molecule has 2 aromatic rings. The van der Waals surface area contributed by atoms with Gasteiger partial charge in [0.25, 0.3) is 5.91 Å². The summed E-state index contributed by atoms with van der Waals surface area (Å²) in [6, 6.07) is 2.94. The molecule has 0 unspecified atom stereocenters. The molecule has 23 nitrogen and oxygen atoms in total. The lowest BCUT2D eigenvalue weighted by atomic mass is 9.99.